The number of hydrogen-bond donors (Lipinski definition) is 0. The number of esters is 1. The number of nitrogens with zero attached hydrogens (tertiary/aromatic N) is 2. The van der Waals surface area contributed by atoms with Gasteiger partial charge in [0.05, 0.1) is 5.71 Å². The molecule has 0 radical (unpaired) electrons. The van der Waals surface area contributed by atoms with Crippen LogP contribution in [0, 0.1) is 5.41 Å². The van der Waals surface area contributed by atoms with E-state index in [0.717, 1.165) is 0 Å². The van der Waals surface area contributed by atoms with E-state index in [1.165, 1.54) is 19.0 Å². The van der Waals surface area contributed by atoms with E-state index in [2.05, 4.69) is 5.10 Å². The number of rotatable bonds is 2. The fraction of sp³-hybridized carbons (Fsp3) is 0.308. The number of carbonyl (C=O) groups excluding carboxylic acids is 2. The Balaban J connectivity index is 2.24. The highest BCUT2D eigenvalue weighted by atomic mass is 16.5. The highest BCUT2D eigenvalue weighted by molar-refractivity contribution is 6.25. The molecule has 1 aromatic carbocycles. The summed E-state index contributed by atoms with van der Waals surface area (Å²) in [4.78, 5) is 24.1. The van der Waals surface area contributed by atoms with Crippen molar-refractivity contribution < 1.29 is 14.3 Å². The Morgan fingerprint density at radius 3 is 2.44 bits per heavy atom. The average molecular weight is 246 g/mol. The zero-order valence-electron chi connectivity index (χ0n) is 10.5. The van der Waals surface area contributed by atoms with Gasteiger partial charge in [-0.1, -0.05) is 18.2 Å². The van der Waals surface area contributed by atoms with Gasteiger partial charge >= 0.3 is 5.97 Å². The Labute approximate surface area is 105 Å². The summed E-state index contributed by atoms with van der Waals surface area (Å²) in [6.45, 7) is 3.18. The summed E-state index contributed by atoms with van der Waals surface area (Å²) in [6.07, 6.45) is 0. The van der Waals surface area contributed by atoms with Crippen LogP contribution in [0.3, 0.4) is 0 Å². The lowest BCUT2D eigenvalue weighted by molar-refractivity contribution is -0.150. The van der Waals surface area contributed by atoms with Crippen LogP contribution in [0.4, 0.5) is 0 Å². The summed E-state index contributed by atoms with van der Waals surface area (Å²) in [7, 11) is 1.52. The Morgan fingerprint density at radius 2 is 1.94 bits per heavy atom. The molecule has 94 valence electrons. The standard InChI is InChI=1S/C13H14N2O3/c1-9-13(2,11(16)15(3)14-9)12(17)18-10-7-5-4-6-8-10/h4-8H,1-3H3/t13-/m1/s1. The number of benzene rings is 1. The van der Waals surface area contributed by atoms with E-state index < -0.39 is 11.4 Å². The van der Waals surface area contributed by atoms with Crippen LogP contribution in [0.15, 0.2) is 35.4 Å². The maximum Gasteiger partial charge on any atom is 0.332 e. The van der Waals surface area contributed by atoms with E-state index in [1.54, 1.807) is 31.2 Å². The lowest BCUT2D eigenvalue weighted by Gasteiger charge is -2.20. The van der Waals surface area contributed by atoms with Crippen molar-refractivity contribution in [3.63, 3.8) is 0 Å². The minimum atomic E-state index is -1.33. The summed E-state index contributed by atoms with van der Waals surface area (Å²) in [5.74, 6) is -0.566. The lowest BCUT2D eigenvalue weighted by atomic mass is 9.86. The van der Waals surface area contributed by atoms with Gasteiger partial charge in [0.15, 0.2) is 5.41 Å². The summed E-state index contributed by atoms with van der Waals surface area (Å²) in [6, 6.07) is 8.66. The molecule has 1 aromatic rings. The lowest BCUT2D eigenvalue weighted by Crippen LogP contribution is -2.44. The van der Waals surface area contributed by atoms with Gasteiger partial charge in [0.1, 0.15) is 5.75 Å². The van der Waals surface area contributed by atoms with Gasteiger partial charge in [-0.15, -0.1) is 0 Å². The number of hydrogen-bond acceptors (Lipinski definition) is 4. The maximum atomic E-state index is 12.2. The Kier molecular flexibility index (Phi) is 2.90. The van der Waals surface area contributed by atoms with Crippen LogP contribution >= 0.6 is 0 Å². The van der Waals surface area contributed by atoms with E-state index in [0.29, 0.717) is 11.5 Å². The van der Waals surface area contributed by atoms with E-state index in [1.807, 2.05) is 6.07 Å². The number of hydrazone groups is 1. The van der Waals surface area contributed by atoms with Crippen molar-refractivity contribution in [3.05, 3.63) is 30.3 Å². The van der Waals surface area contributed by atoms with Crippen LogP contribution < -0.4 is 4.74 Å². The second-order valence-corrected chi connectivity index (χ2v) is 4.34. The van der Waals surface area contributed by atoms with E-state index in [4.69, 9.17) is 4.74 Å². The van der Waals surface area contributed by atoms with Crippen molar-refractivity contribution >= 4 is 17.6 Å². The van der Waals surface area contributed by atoms with Crippen LogP contribution in [0.1, 0.15) is 13.8 Å². The van der Waals surface area contributed by atoms with Gasteiger partial charge in [-0.25, -0.2) is 5.01 Å². The van der Waals surface area contributed by atoms with Gasteiger partial charge in [0.25, 0.3) is 5.91 Å². The molecule has 0 N–H and O–H groups in total. The fourth-order valence-electron chi connectivity index (χ4n) is 1.78. The van der Waals surface area contributed by atoms with Gasteiger partial charge in [0.2, 0.25) is 0 Å². The number of para-hydroxylation sites is 1. The second kappa shape index (κ2) is 4.25. The summed E-state index contributed by atoms with van der Waals surface area (Å²) >= 11 is 0. The average Bonchev–Trinajstić information content (AvgIpc) is 2.55. The first-order valence-electron chi connectivity index (χ1n) is 5.57. The minimum absolute atomic E-state index is 0.374. The molecule has 0 bridgehead atoms. The highest BCUT2D eigenvalue weighted by Crippen LogP contribution is 2.30. The second-order valence-electron chi connectivity index (χ2n) is 4.34. The molecule has 5 nitrogen and oxygen atoms in total. The fourth-order valence-corrected chi connectivity index (χ4v) is 1.78. The predicted molar refractivity (Wildman–Crippen MR) is 66.1 cm³/mol. The van der Waals surface area contributed by atoms with Crippen molar-refractivity contribution in [1.82, 2.24) is 5.01 Å². The minimum Gasteiger partial charge on any atom is -0.425 e. The van der Waals surface area contributed by atoms with Crippen LogP contribution in [0.5, 0.6) is 5.75 Å². The van der Waals surface area contributed by atoms with Gasteiger partial charge in [0, 0.05) is 7.05 Å². The molecule has 18 heavy (non-hydrogen) atoms. The van der Waals surface area contributed by atoms with Crippen LogP contribution in [0.2, 0.25) is 0 Å². The third-order valence-corrected chi connectivity index (χ3v) is 3.11. The molecule has 0 aromatic heterocycles. The van der Waals surface area contributed by atoms with Gasteiger partial charge in [-0.05, 0) is 26.0 Å². The van der Waals surface area contributed by atoms with Crippen LogP contribution in [-0.4, -0.2) is 29.6 Å². The SMILES string of the molecule is CC1=NN(C)C(=O)[C@]1(C)C(=O)Oc1ccccc1. The molecule has 0 fully saturated rings. The Hall–Kier alpha value is -2.17. The Morgan fingerprint density at radius 1 is 1.33 bits per heavy atom. The molecule has 2 rings (SSSR count). The third kappa shape index (κ3) is 1.77. The van der Waals surface area contributed by atoms with E-state index >= 15 is 0 Å². The number of carbonyl (C=O) groups is 2. The molecule has 1 aliphatic heterocycles. The van der Waals surface area contributed by atoms with Crippen LogP contribution in [0.25, 0.3) is 0 Å². The first kappa shape index (κ1) is 12.3. The maximum absolute atomic E-state index is 12.2. The van der Waals surface area contributed by atoms with Crippen LogP contribution in [-0.2, 0) is 9.59 Å². The molecule has 5 heteroatoms. The first-order valence-corrected chi connectivity index (χ1v) is 5.57. The van der Waals surface area contributed by atoms with E-state index in [9.17, 15) is 9.59 Å². The van der Waals surface area contributed by atoms with Crippen molar-refractivity contribution in [3.8, 4) is 5.75 Å². The summed E-state index contributed by atoms with van der Waals surface area (Å²) in [5.41, 5.74) is -0.888. The predicted octanol–water partition coefficient (Wildman–Crippen LogP) is 1.45. The number of amides is 1. The van der Waals surface area contributed by atoms with Gasteiger partial charge in [-0.3, -0.25) is 9.59 Å². The molecule has 0 saturated carbocycles. The van der Waals surface area contributed by atoms with Crippen molar-refractivity contribution in [2.45, 2.75) is 13.8 Å². The molecular weight excluding hydrogens is 232 g/mol. The topological polar surface area (TPSA) is 59.0 Å². The smallest absolute Gasteiger partial charge is 0.332 e. The molecule has 1 heterocycles. The molecule has 0 unspecified atom stereocenters. The zero-order chi connectivity index (χ0) is 13.3. The molecule has 0 saturated heterocycles. The molecule has 1 aliphatic rings. The quantitative estimate of drug-likeness (QED) is 0.451. The molecule has 1 amide bonds. The van der Waals surface area contributed by atoms with Crippen molar-refractivity contribution in [1.29, 1.82) is 0 Å². The largest absolute Gasteiger partial charge is 0.425 e. The third-order valence-electron chi connectivity index (χ3n) is 3.11. The number of ether oxygens (including phenoxy) is 1. The van der Waals surface area contributed by atoms with Crippen molar-refractivity contribution in [2.75, 3.05) is 7.05 Å². The molecular formula is C13H14N2O3. The van der Waals surface area contributed by atoms with Crippen molar-refractivity contribution in [2.24, 2.45) is 10.5 Å². The molecule has 0 spiro atoms. The van der Waals surface area contributed by atoms with Gasteiger partial charge in [-0.2, -0.15) is 5.10 Å². The van der Waals surface area contributed by atoms with Gasteiger partial charge < -0.3 is 4.74 Å². The van der Waals surface area contributed by atoms with E-state index in [-0.39, 0.29) is 5.91 Å². The monoisotopic (exact) mass is 246 g/mol. The molecule has 0 aliphatic carbocycles. The normalized spacial score (nSPS) is 22.9. The summed E-state index contributed by atoms with van der Waals surface area (Å²) < 4.78 is 5.22. The summed E-state index contributed by atoms with van der Waals surface area (Å²) in [5, 5.41) is 5.15. The Bertz CT molecular complexity index is 524. The first-order chi connectivity index (χ1) is 8.46. The molecule has 1 atom stereocenters. The highest BCUT2D eigenvalue weighted by Gasteiger charge is 2.51. The zero-order valence-corrected chi connectivity index (χ0v) is 10.5.